The van der Waals surface area contributed by atoms with E-state index in [1.807, 2.05) is 37.3 Å². The third-order valence-electron chi connectivity index (χ3n) is 4.14. The Kier molecular flexibility index (Phi) is 6.06. The lowest BCUT2D eigenvalue weighted by Crippen LogP contribution is -2.25. The first kappa shape index (κ1) is 19.2. The maximum absolute atomic E-state index is 12.4. The Balaban J connectivity index is 1.63. The summed E-state index contributed by atoms with van der Waals surface area (Å²) in [5.74, 6) is 0.341. The van der Waals surface area contributed by atoms with Crippen molar-refractivity contribution in [3.05, 3.63) is 77.6 Å². The fourth-order valence-electron chi connectivity index (χ4n) is 2.68. The molecule has 0 aliphatic heterocycles. The molecule has 0 saturated carbocycles. The van der Waals surface area contributed by atoms with Crippen LogP contribution in [-0.4, -0.2) is 35.2 Å². The number of nitrogens with zero attached hydrogens (tertiary/aromatic N) is 2. The second kappa shape index (κ2) is 8.85. The summed E-state index contributed by atoms with van der Waals surface area (Å²) >= 11 is 0. The first-order valence-electron chi connectivity index (χ1n) is 8.96. The SMILES string of the molecule is CCNC(=O)c1cccc(CNC(=O)c2ccn(-c3ccc(OC)cc3)n2)c1. The minimum Gasteiger partial charge on any atom is -0.497 e. The lowest BCUT2D eigenvalue weighted by molar-refractivity contribution is 0.0943. The highest BCUT2D eigenvalue weighted by atomic mass is 16.5. The van der Waals surface area contributed by atoms with Gasteiger partial charge in [0.1, 0.15) is 5.75 Å². The van der Waals surface area contributed by atoms with Crippen molar-refractivity contribution < 1.29 is 14.3 Å². The van der Waals surface area contributed by atoms with E-state index in [1.165, 1.54) is 0 Å². The van der Waals surface area contributed by atoms with Crippen LogP contribution in [-0.2, 0) is 6.54 Å². The van der Waals surface area contributed by atoms with Crippen LogP contribution in [0, 0.1) is 0 Å². The van der Waals surface area contributed by atoms with Crippen LogP contribution >= 0.6 is 0 Å². The van der Waals surface area contributed by atoms with Gasteiger partial charge in [0, 0.05) is 24.8 Å². The van der Waals surface area contributed by atoms with E-state index in [0.717, 1.165) is 17.0 Å². The van der Waals surface area contributed by atoms with Crippen molar-refractivity contribution in [3.63, 3.8) is 0 Å². The predicted molar refractivity (Wildman–Crippen MR) is 106 cm³/mol. The molecule has 0 saturated heterocycles. The van der Waals surface area contributed by atoms with Gasteiger partial charge >= 0.3 is 0 Å². The fourth-order valence-corrected chi connectivity index (χ4v) is 2.68. The zero-order chi connectivity index (χ0) is 19.9. The Morgan fingerprint density at radius 2 is 1.82 bits per heavy atom. The number of ether oxygens (including phenoxy) is 1. The van der Waals surface area contributed by atoms with Gasteiger partial charge in [-0.15, -0.1) is 0 Å². The van der Waals surface area contributed by atoms with E-state index in [-0.39, 0.29) is 11.8 Å². The molecule has 3 aromatic rings. The summed E-state index contributed by atoms with van der Waals surface area (Å²) in [5, 5.41) is 9.91. The molecule has 0 fully saturated rings. The van der Waals surface area contributed by atoms with Gasteiger partial charge in [-0.2, -0.15) is 5.10 Å². The summed E-state index contributed by atoms with van der Waals surface area (Å²) < 4.78 is 6.77. The average Bonchev–Trinajstić information content (AvgIpc) is 3.23. The van der Waals surface area contributed by atoms with Crippen molar-refractivity contribution in [2.24, 2.45) is 0 Å². The topological polar surface area (TPSA) is 85.2 Å². The number of amides is 2. The van der Waals surface area contributed by atoms with Gasteiger partial charge in [-0.25, -0.2) is 4.68 Å². The second-order valence-corrected chi connectivity index (χ2v) is 6.09. The second-order valence-electron chi connectivity index (χ2n) is 6.09. The molecule has 1 heterocycles. The minimum absolute atomic E-state index is 0.131. The Labute approximate surface area is 163 Å². The summed E-state index contributed by atoms with van der Waals surface area (Å²) in [6.45, 7) is 2.74. The number of carbonyl (C=O) groups excluding carboxylic acids is 2. The van der Waals surface area contributed by atoms with Crippen molar-refractivity contribution >= 4 is 11.8 Å². The van der Waals surface area contributed by atoms with Crippen LogP contribution in [0.4, 0.5) is 0 Å². The summed E-state index contributed by atoms with van der Waals surface area (Å²) in [6, 6.07) is 16.2. The first-order chi connectivity index (χ1) is 13.6. The van der Waals surface area contributed by atoms with E-state index >= 15 is 0 Å². The Morgan fingerprint density at radius 1 is 1.04 bits per heavy atom. The maximum atomic E-state index is 12.4. The molecule has 2 N–H and O–H groups in total. The molecule has 0 aliphatic carbocycles. The number of hydrogen-bond donors (Lipinski definition) is 2. The third-order valence-corrected chi connectivity index (χ3v) is 4.14. The largest absolute Gasteiger partial charge is 0.497 e. The lowest BCUT2D eigenvalue weighted by atomic mass is 10.1. The van der Waals surface area contributed by atoms with E-state index < -0.39 is 0 Å². The number of carbonyl (C=O) groups is 2. The highest BCUT2D eigenvalue weighted by molar-refractivity contribution is 5.94. The summed E-state index contributed by atoms with van der Waals surface area (Å²) in [6.07, 6.45) is 1.73. The van der Waals surface area contributed by atoms with Crippen LogP contribution in [0.1, 0.15) is 33.3 Å². The molecule has 7 heteroatoms. The predicted octanol–water partition coefficient (Wildman–Crippen LogP) is 2.56. The zero-order valence-corrected chi connectivity index (χ0v) is 15.8. The molecule has 0 spiro atoms. The van der Waals surface area contributed by atoms with Gasteiger partial charge in [0.05, 0.1) is 12.8 Å². The van der Waals surface area contributed by atoms with E-state index in [1.54, 1.807) is 42.3 Å². The van der Waals surface area contributed by atoms with Gasteiger partial charge in [-0.3, -0.25) is 9.59 Å². The summed E-state index contributed by atoms with van der Waals surface area (Å²) in [4.78, 5) is 24.3. The van der Waals surface area contributed by atoms with Crippen molar-refractivity contribution in [3.8, 4) is 11.4 Å². The van der Waals surface area contributed by atoms with E-state index in [0.29, 0.717) is 24.3 Å². The van der Waals surface area contributed by atoms with Gasteiger partial charge in [-0.05, 0) is 55.0 Å². The zero-order valence-electron chi connectivity index (χ0n) is 15.8. The number of rotatable bonds is 7. The highest BCUT2D eigenvalue weighted by Gasteiger charge is 2.11. The molecule has 2 amide bonds. The molecule has 0 bridgehead atoms. The molecule has 0 radical (unpaired) electrons. The highest BCUT2D eigenvalue weighted by Crippen LogP contribution is 2.14. The normalized spacial score (nSPS) is 10.4. The van der Waals surface area contributed by atoms with Crippen molar-refractivity contribution in [2.45, 2.75) is 13.5 Å². The molecule has 0 unspecified atom stereocenters. The van der Waals surface area contributed by atoms with E-state index in [9.17, 15) is 9.59 Å². The molecule has 3 rings (SSSR count). The number of hydrogen-bond acceptors (Lipinski definition) is 4. The summed E-state index contributed by atoms with van der Waals surface area (Å²) in [5.41, 5.74) is 2.55. The van der Waals surface area contributed by atoms with Crippen LogP contribution in [0.5, 0.6) is 5.75 Å². The van der Waals surface area contributed by atoms with Crippen LogP contribution in [0.15, 0.2) is 60.8 Å². The molecule has 1 aromatic heterocycles. The number of methoxy groups -OCH3 is 1. The Morgan fingerprint density at radius 3 is 2.54 bits per heavy atom. The van der Waals surface area contributed by atoms with Gasteiger partial charge in [0.2, 0.25) is 0 Å². The Hall–Kier alpha value is -3.61. The van der Waals surface area contributed by atoms with Gasteiger partial charge in [0.25, 0.3) is 11.8 Å². The fraction of sp³-hybridized carbons (Fsp3) is 0.190. The van der Waals surface area contributed by atoms with Crippen LogP contribution < -0.4 is 15.4 Å². The smallest absolute Gasteiger partial charge is 0.272 e. The molecular formula is C21H22N4O3. The van der Waals surface area contributed by atoms with E-state index in [2.05, 4.69) is 15.7 Å². The molecule has 28 heavy (non-hydrogen) atoms. The monoisotopic (exact) mass is 378 g/mol. The summed E-state index contributed by atoms with van der Waals surface area (Å²) in [7, 11) is 1.61. The van der Waals surface area contributed by atoms with Gasteiger partial charge in [0.15, 0.2) is 5.69 Å². The standard InChI is InChI=1S/C21H22N4O3/c1-3-22-20(26)16-6-4-5-15(13-16)14-23-21(27)19-11-12-25(24-19)17-7-9-18(28-2)10-8-17/h4-13H,3,14H2,1-2H3,(H,22,26)(H,23,27). The molecule has 0 atom stereocenters. The lowest BCUT2D eigenvalue weighted by Gasteiger charge is -2.07. The molecule has 0 aliphatic rings. The third kappa shape index (κ3) is 4.56. The molecule has 7 nitrogen and oxygen atoms in total. The van der Waals surface area contributed by atoms with Crippen LogP contribution in [0.25, 0.3) is 5.69 Å². The quantitative estimate of drug-likeness (QED) is 0.662. The number of benzene rings is 2. The molecule has 2 aromatic carbocycles. The van der Waals surface area contributed by atoms with Crippen molar-refractivity contribution in [1.82, 2.24) is 20.4 Å². The molecule has 144 valence electrons. The van der Waals surface area contributed by atoms with Crippen molar-refractivity contribution in [1.29, 1.82) is 0 Å². The van der Waals surface area contributed by atoms with Gasteiger partial charge < -0.3 is 15.4 Å². The Bertz CT molecular complexity index is 964. The maximum Gasteiger partial charge on any atom is 0.272 e. The van der Waals surface area contributed by atoms with Crippen LogP contribution in [0.3, 0.4) is 0 Å². The number of nitrogens with one attached hydrogen (secondary N) is 2. The first-order valence-corrected chi connectivity index (χ1v) is 8.96. The average molecular weight is 378 g/mol. The van der Waals surface area contributed by atoms with Gasteiger partial charge in [-0.1, -0.05) is 12.1 Å². The number of aromatic nitrogens is 2. The van der Waals surface area contributed by atoms with E-state index in [4.69, 9.17) is 4.74 Å². The molecular weight excluding hydrogens is 356 g/mol. The van der Waals surface area contributed by atoms with Crippen LogP contribution in [0.2, 0.25) is 0 Å². The van der Waals surface area contributed by atoms with Crippen molar-refractivity contribution in [2.75, 3.05) is 13.7 Å². The minimum atomic E-state index is -0.282.